The molecule has 6 heteroatoms. The van der Waals surface area contributed by atoms with Crippen LogP contribution in [-0.4, -0.2) is 32.5 Å². The number of aryl methyl sites for hydroxylation is 1. The van der Waals surface area contributed by atoms with Crippen LogP contribution in [-0.2, 0) is 11.3 Å². The second kappa shape index (κ2) is 6.47. The van der Waals surface area contributed by atoms with E-state index < -0.39 is 0 Å². The molecule has 3 aromatic rings. The Bertz CT molecular complexity index is 874. The van der Waals surface area contributed by atoms with Gasteiger partial charge >= 0.3 is 0 Å². The number of likely N-dealkylation sites (tertiary alicyclic amines) is 1. The minimum Gasteiger partial charge on any atom is -0.338 e. The lowest BCUT2D eigenvalue weighted by Crippen LogP contribution is -2.24. The van der Waals surface area contributed by atoms with Crippen LogP contribution in [0.3, 0.4) is 0 Å². The van der Waals surface area contributed by atoms with Crippen molar-refractivity contribution in [3.8, 4) is 11.6 Å². The molecule has 1 atom stereocenters. The molecule has 4 rings (SSSR count). The van der Waals surface area contributed by atoms with Gasteiger partial charge in [0.15, 0.2) is 5.82 Å². The van der Waals surface area contributed by atoms with Crippen molar-refractivity contribution >= 4 is 5.91 Å². The lowest BCUT2D eigenvalue weighted by Gasteiger charge is -2.16. The summed E-state index contributed by atoms with van der Waals surface area (Å²) in [5.74, 6) is 1.04. The fraction of sp³-hybridized carbons (Fsp3) is 0.263. The highest BCUT2D eigenvalue weighted by atomic mass is 16.5. The van der Waals surface area contributed by atoms with Crippen LogP contribution < -0.4 is 0 Å². The molecule has 25 heavy (non-hydrogen) atoms. The van der Waals surface area contributed by atoms with Gasteiger partial charge in [0, 0.05) is 31.6 Å². The highest BCUT2D eigenvalue weighted by molar-refractivity contribution is 5.79. The number of benzene rings is 1. The average Bonchev–Trinajstić information content (AvgIpc) is 3.25. The van der Waals surface area contributed by atoms with Gasteiger partial charge in [0.05, 0.1) is 0 Å². The van der Waals surface area contributed by atoms with Crippen molar-refractivity contribution in [1.82, 2.24) is 20.0 Å². The van der Waals surface area contributed by atoms with Gasteiger partial charge in [0.2, 0.25) is 5.91 Å². The topological polar surface area (TPSA) is 72.1 Å². The van der Waals surface area contributed by atoms with Crippen molar-refractivity contribution in [2.24, 2.45) is 0 Å². The first-order valence-corrected chi connectivity index (χ1v) is 8.27. The fourth-order valence-electron chi connectivity index (χ4n) is 3.01. The molecule has 1 unspecified atom stereocenters. The van der Waals surface area contributed by atoms with E-state index in [9.17, 15) is 4.79 Å². The molecule has 1 aliphatic heterocycles. The van der Waals surface area contributed by atoms with Gasteiger partial charge in [-0.15, -0.1) is 0 Å². The highest BCUT2D eigenvalue weighted by Crippen LogP contribution is 2.28. The van der Waals surface area contributed by atoms with E-state index in [1.54, 1.807) is 6.20 Å². The molecule has 1 fully saturated rings. The van der Waals surface area contributed by atoms with Crippen LogP contribution in [0.15, 0.2) is 53.2 Å². The van der Waals surface area contributed by atoms with Crippen LogP contribution in [0.2, 0.25) is 0 Å². The van der Waals surface area contributed by atoms with Crippen molar-refractivity contribution in [2.75, 3.05) is 6.54 Å². The van der Waals surface area contributed by atoms with E-state index in [1.165, 1.54) is 5.56 Å². The molecule has 1 saturated heterocycles. The first kappa shape index (κ1) is 15.5. The van der Waals surface area contributed by atoms with Crippen molar-refractivity contribution in [1.29, 1.82) is 0 Å². The number of hydrogen-bond acceptors (Lipinski definition) is 5. The third-order valence-electron chi connectivity index (χ3n) is 4.40. The predicted octanol–water partition coefficient (Wildman–Crippen LogP) is 2.96. The third-order valence-corrected chi connectivity index (χ3v) is 4.40. The van der Waals surface area contributed by atoms with E-state index in [-0.39, 0.29) is 11.8 Å². The summed E-state index contributed by atoms with van der Waals surface area (Å²) >= 11 is 0. The van der Waals surface area contributed by atoms with E-state index in [2.05, 4.69) is 46.3 Å². The molecule has 1 aromatic carbocycles. The molecule has 0 N–H and O–H groups in total. The Kier molecular flexibility index (Phi) is 4.01. The first-order valence-electron chi connectivity index (χ1n) is 8.27. The Morgan fingerprint density at radius 3 is 2.80 bits per heavy atom. The van der Waals surface area contributed by atoms with Crippen molar-refractivity contribution in [3.05, 3.63) is 65.6 Å². The zero-order valence-corrected chi connectivity index (χ0v) is 13.9. The number of rotatable bonds is 4. The number of nitrogens with zero attached hydrogens (tertiary/aromatic N) is 4. The van der Waals surface area contributed by atoms with Crippen LogP contribution in [0.25, 0.3) is 11.6 Å². The maximum absolute atomic E-state index is 12.3. The van der Waals surface area contributed by atoms with Gasteiger partial charge in [-0.2, -0.15) is 4.98 Å². The van der Waals surface area contributed by atoms with E-state index in [1.807, 2.05) is 23.1 Å². The van der Waals surface area contributed by atoms with Gasteiger partial charge < -0.3 is 9.42 Å². The van der Waals surface area contributed by atoms with Crippen LogP contribution >= 0.6 is 0 Å². The standard InChI is InChI=1S/C19H18N4O2/c1-13-5-7-14(8-6-13)11-23-12-15(10-17(23)24)18-21-19(25-22-18)16-4-2-3-9-20-16/h2-9,15H,10-12H2,1H3. The van der Waals surface area contributed by atoms with Gasteiger partial charge in [-0.1, -0.05) is 41.1 Å². The zero-order valence-electron chi connectivity index (χ0n) is 13.9. The SMILES string of the molecule is Cc1ccc(CN2CC(c3noc(-c4ccccn4)n3)CC2=O)cc1. The Morgan fingerprint density at radius 2 is 2.04 bits per heavy atom. The van der Waals surface area contributed by atoms with Crippen molar-refractivity contribution in [3.63, 3.8) is 0 Å². The van der Waals surface area contributed by atoms with E-state index >= 15 is 0 Å². The number of hydrogen-bond donors (Lipinski definition) is 0. The monoisotopic (exact) mass is 334 g/mol. The van der Waals surface area contributed by atoms with Crippen LogP contribution in [0.4, 0.5) is 0 Å². The fourth-order valence-corrected chi connectivity index (χ4v) is 3.01. The molecule has 0 bridgehead atoms. The number of aromatic nitrogens is 3. The normalized spacial score (nSPS) is 17.2. The smallest absolute Gasteiger partial charge is 0.276 e. The van der Waals surface area contributed by atoms with E-state index in [4.69, 9.17) is 4.52 Å². The number of carbonyl (C=O) groups is 1. The predicted molar refractivity (Wildman–Crippen MR) is 91.5 cm³/mol. The maximum atomic E-state index is 12.3. The summed E-state index contributed by atoms with van der Waals surface area (Å²) in [6, 6.07) is 13.8. The second-order valence-electron chi connectivity index (χ2n) is 6.33. The summed E-state index contributed by atoms with van der Waals surface area (Å²) in [6.07, 6.45) is 2.09. The van der Waals surface area contributed by atoms with Crippen molar-refractivity contribution in [2.45, 2.75) is 25.8 Å². The van der Waals surface area contributed by atoms with Crippen LogP contribution in [0, 0.1) is 6.92 Å². The van der Waals surface area contributed by atoms with Gasteiger partial charge in [-0.05, 0) is 24.6 Å². The van der Waals surface area contributed by atoms with Crippen LogP contribution in [0.1, 0.15) is 29.3 Å². The molecule has 3 heterocycles. The molecule has 0 radical (unpaired) electrons. The zero-order chi connectivity index (χ0) is 17.2. The first-order chi connectivity index (χ1) is 12.2. The Balaban J connectivity index is 1.47. The van der Waals surface area contributed by atoms with E-state index in [0.717, 1.165) is 5.56 Å². The summed E-state index contributed by atoms with van der Waals surface area (Å²) < 4.78 is 5.31. The lowest BCUT2D eigenvalue weighted by molar-refractivity contribution is -0.128. The Labute approximate surface area is 145 Å². The summed E-state index contributed by atoms with van der Waals surface area (Å²) in [6.45, 7) is 3.27. The van der Waals surface area contributed by atoms with Gasteiger partial charge in [0.25, 0.3) is 5.89 Å². The minimum atomic E-state index is -0.0424. The van der Waals surface area contributed by atoms with Gasteiger partial charge in [-0.3, -0.25) is 9.78 Å². The molecule has 0 spiro atoms. The molecule has 0 saturated carbocycles. The maximum Gasteiger partial charge on any atom is 0.276 e. The minimum absolute atomic E-state index is 0.0424. The third kappa shape index (κ3) is 3.28. The molecule has 0 aliphatic carbocycles. The summed E-state index contributed by atoms with van der Waals surface area (Å²) in [5, 5.41) is 4.06. The summed E-state index contributed by atoms with van der Waals surface area (Å²) in [4.78, 5) is 22.8. The second-order valence-corrected chi connectivity index (χ2v) is 6.33. The molecular weight excluding hydrogens is 316 g/mol. The largest absolute Gasteiger partial charge is 0.338 e. The van der Waals surface area contributed by atoms with Gasteiger partial charge in [-0.25, -0.2) is 0 Å². The molecule has 6 nitrogen and oxygen atoms in total. The van der Waals surface area contributed by atoms with Crippen LogP contribution in [0.5, 0.6) is 0 Å². The number of carbonyl (C=O) groups excluding carboxylic acids is 1. The molecule has 1 amide bonds. The Hall–Kier alpha value is -3.02. The highest BCUT2D eigenvalue weighted by Gasteiger charge is 2.33. The number of amides is 1. The number of pyridine rings is 1. The molecule has 2 aromatic heterocycles. The van der Waals surface area contributed by atoms with Gasteiger partial charge in [0.1, 0.15) is 5.69 Å². The quantitative estimate of drug-likeness (QED) is 0.733. The average molecular weight is 334 g/mol. The summed E-state index contributed by atoms with van der Waals surface area (Å²) in [5.41, 5.74) is 2.98. The lowest BCUT2D eigenvalue weighted by atomic mass is 10.1. The van der Waals surface area contributed by atoms with Crippen molar-refractivity contribution < 1.29 is 9.32 Å². The molecule has 126 valence electrons. The summed E-state index contributed by atoms with van der Waals surface area (Å²) in [7, 11) is 0. The Morgan fingerprint density at radius 1 is 1.20 bits per heavy atom. The van der Waals surface area contributed by atoms with E-state index in [0.29, 0.717) is 36.9 Å². The molecule has 1 aliphatic rings. The molecular formula is C19H18N4O2.